The van der Waals surface area contributed by atoms with Crippen LogP contribution in [-0.4, -0.2) is 205 Å². The van der Waals surface area contributed by atoms with Gasteiger partial charge < -0.3 is 84.7 Å². The molecule has 0 atom stereocenters. The number of fused-ring (bicyclic) bond motifs is 4. The molecule has 7 N–H and O–H groups in total. The van der Waals surface area contributed by atoms with E-state index in [9.17, 15) is 34.8 Å². The molecule has 4 amide bonds. The van der Waals surface area contributed by atoms with Gasteiger partial charge in [-0.05, 0) is 273 Å². The lowest BCUT2D eigenvalue weighted by Crippen LogP contribution is -2.45. The molecular weight excluding hydrogens is 1880 g/mol. The maximum Gasteiger partial charge on any atom is 0.247 e. The van der Waals surface area contributed by atoms with Gasteiger partial charge in [0.05, 0.1) is 0 Å². The summed E-state index contributed by atoms with van der Waals surface area (Å²) < 4.78 is 26.3. The summed E-state index contributed by atoms with van der Waals surface area (Å²) in [5.41, 5.74) is 12.1. The Labute approximate surface area is 881 Å². The van der Waals surface area contributed by atoms with Crippen LogP contribution >= 0.6 is 23.2 Å². The second kappa shape index (κ2) is 46.4. The summed E-state index contributed by atoms with van der Waals surface area (Å²) in [7, 11) is 20.4. The van der Waals surface area contributed by atoms with Crippen molar-refractivity contribution in [1.29, 1.82) is 0 Å². The Morgan fingerprint density at radius 1 is 0.299 bits per heavy atom. The van der Waals surface area contributed by atoms with Crippen LogP contribution in [0.3, 0.4) is 0 Å². The number of carbonyl (C=O) groups is 4. The van der Waals surface area contributed by atoms with Crippen LogP contribution in [0.2, 0.25) is 10.0 Å². The topological polar surface area (TPSA) is 242 Å². The summed E-state index contributed by atoms with van der Waals surface area (Å²) >= 11 is 12.3. The molecular formula is C124H151Cl2N9O12. The van der Waals surface area contributed by atoms with Crippen molar-refractivity contribution in [3.8, 4) is 46.0 Å². The Morgan fingerprint density at radius 3 is 0.857 bits per heavy atom. The number of nitrogens with zero attached hydrogens (tertiary/aromatic N) is 6. The smallest absolute Gasteiger partial charge is 0.247 e. The van der Waals surface area contributed by atoms with Crippen molar-refractivity contribution in [1.82, 2.24) is 24.5 Å². The first-order chi connectivity index (χ1) is 69.6. The minimum absolute atomic E-state index is 0.0209. The van der Waals surface area contributed by atoms with Crippen molar-refractivity contribution < 1.29 is 58.6 Å². The van der Waals surface area contributed by atoms with Crippen LogP contribution in [0.25, 0.3) is 0 Å². The molecule has 21 nitrogen and oxygen atoms in total. The van der Waals surface area contributed by atoms with E-state index >= 15 is 4.79 Å². The lowest BCUT2D eigenvalue weighted by Gasteiger charge is -2.35. The summed E-state index contributed by atoms with van der Waals surface area (Å²) in [5.74, 6) is 1.99. The Morgan fingerprint density at radius 2 is 0.565 bits per heavy atom. The highest BCUT2D eigenvalue weighted by Crippen LogP contribution is 2.60. The number of hydrogen-bond donors (Lipinski definition) is 7. The number of ether oxygens (including phenoxy) is 4. The molecule has 4 aliphatic heterocycles. The SMILES string of the molecule is CCCCc1ccc(O)c(C2(c3cc(CCCC)ccc3O)C(=O)Nc3ccccc32)c1.CN(C)CCOc1ccc(C(C)(C)C)cc1C1(c2cc(C(C)(C)C)ccc2OCCN(C)C)C(=O)N(CCN(C)C)c2ccccc21.CN(C)CCOc1ccc(C(C)(C)C)cc1C1(c2cc(C(C)(C)C)ccc2OCCN(C)C)C(=O)Nc2ccccc21.O=C1Nc2ccccc2C1(c1cc(Cl)ccc1O)c1cc(Cl)ccc1O. The average molecular weight is 2030 g/mol. The fourth-order valence-electron chi connectivity index (χ4n) is 19.9. The second-order valence-corrected chi connectivity index (χ2v) is 45.3. The number of halogens is 2. The third-order valence-electron chi connectivity index (χ3n) is 28.2. The number of aryl methyl sites for hydroxylation is 2. The predicted molar refractivity (Wildman–Crippen MR) is 599 cm³/mol. The number of aromatic hydroxyl groups is 4. The maximum atomic E-state index is 15.7. The molecule has 0 aromatic heterocycles. The van der Waals surface area contributed by atoms with E-state index in [-0.39, 0.29) is 73.5 Å². The van der Waals surface area contributed by atoms with Gasteiger partial charge in [-0.25, -0.2) is 0 Å². The monoisotopic (exact) mass is 2030 g/mol. The molecule has 16 rings (SSSR count). The van der Waals surface area contributed by atoms with Crippen molar-refractivity contribution in [2.24, 2.45) is 0 Å². The molecule has 147 heavy (non-hydrogen) atoms. The average Bonchev–Trinajstić information content (AvgIpc) is 1.53. The summed E-state index contributed by atoms with van der Waals surface area (Å²) in [6.07, 6.45) is 5.91. The van der Waals surface area contributed by atoms with Crippen molar-refractivity contribution in [3.63, 3.8) is 0 Å². The van der Waals surface area contributed by atoms with E-state index in [1.807, 2.05) is 160 Å². The quantitative estimate of drug-likeness (QED) is 0.0202. The molecule has 4 heterocycles. The molecule has 0 radical (unpaired) electrons. The van der Waals surface area contributed by atoms with Gasteiger partial charge in [0.15, 0.2) is 0 Å². The number of unbranched alkanes of at least 4 members (excludes halogenated alkanes) is 2. The molecule has 0 bridgehead atoms. The van der Waals surface area contributed by atoms with Gasteiger partial charge in [0.25, 0.3) is 0 Å². The van der Waals surface area contributed by atoms with Crippen LogP contribution < -0.4 is 39.8 Å². The summed E-state index contributed by atoms with van der Waals surface area (Å²) in [6.45, 7) is 37.1. The zero-order valence-corrected chi connectivity index (χ0v) is 91.9. The first-order valence-electron chi connectivity index (χ1n) is 51.2. The number of amides is 4. The van der Waals surface area contributed by atoms with Gasteiger partial charge in [-0.3, -0.25) is 19.2 Å². The number of hydrogen-bond acceptors (Lipinski definition) is 17. The molecule has 12 aromatic carbocycles. The van der Waals surface area contributed by atoms with Crippen molar-refractivity contribution >= 4 is 69.6 Å². The number of benzene rings is 12. The molecule has 0 saturated heterocycles. The molecule has 0 spiro atoms. The van der Waals surface area contributed by atoms with E-state index in [0.29, 0.717) is 82.6 Å². The number of phenols is 4. The Balaban J connectivity index is 0.000000167. The zero-order valence-electron chi connectivity index (χ0n) is 90.4. The van der Waals surface area contributed by atoms with Crippen molar-refractivity contribution in [2.75, 3.05) is 157 Å². The summed E-state index contributed by atoms with van der Waals surface area (Å²) in [6, 6.07) is 76.6. The maximum absolute atomic E-state index is 15.7. The predicted octanol–water partition coefficient (Wildman–Crippen LogP) is 23.6. The van der Waals surface area contributed by atoms with Crippen LogP contribution in [0, 0.1) is 0 Å². The molecule has 23 heteroatoms. The minimum atomic E-state index is -1.49. The summed E-state index contributed by atoms with van der Waals surface area (Å²) in [4.78, 5) is 69.9. The first-order valence-corrected chi connectivity index (χ1v) is 52.0. The normalized spacial score (nSPS) is 14.6. The van der Waals surface area contributed by atoms with Gasteiger partial charge >= 0.3 is 0 Å². The molecule has 12 aromatic rings. The van der Waals surface area contributed by atoms with Gasteiger partial charge in [0.2, 0.25) is 23.6 Å². The fourth-order valence-corrected chi connectivity index (χ4v) is 20.3. The third kappa shape index (κ3) is 23.6. The van der Waals surface area contributed by atoms with E-state index < -0.39 is 27.6 Å². The van der Waals surface area contributed by atoms with E-state index in [1.54, 1.807) is 36.4 Å². The highest BCUT2D eigenvalue weighted by molar-refractivity contribution is 6.31. The number of likely N-dealkylation sites (N-methyl/N-ethyl adjacent to an activating group) is 5. The zero-order chi connectivity index (χ0) is 107. The Kier molecular flexibility index (Phi) is 35.2. The molecule has 778 valence electrons. The van der Waals surface area contributed by atoms with Gasteiger partial charge in [-0.2, -0.15) is 0 Å². The largest absolute Gasteiger partial charge is 0.508 e. The second-order valence-electron chi connectivity index (χ2n) is 44.5. The number of para-hydroxylation sites is 4. The van der Waals surface area contributed by atoms with E-state index in [0.717, 1.165) is 166 Å². The number of rotatable bonds is 33. The van der Waals surface area contributed by atoms with Crippen LogP contribution in [-0.2, 0) is 75.3 Å². The highest BCUT2D eigenvalue weighted by Gasteiger charge is 2.59. The van der Waals surface area contributed by atoms with Crippen LogP contribution in [0.4, 0.5) is 22.7 Å². The first kappa shape index (κ1) is 111. The Bertz CT molecular complexity index is 6460. The number of phenolic OH excluding ortho intramolecular Hbond substituents is 4. The number of carbonyl (C=O) groups excluding carboxylic acids is 4. The molecule has 0 fully saturated rings. The number of anilines is 4. The van der Waals surface area contributed by atoms with E-state index in [4.69, 9.17) is 42.1 Å². The van der Waals surface area contributed by atoms with E-state index in [2.05, 4.69) is 222 Å². The molecule has 0 aliphatic carbocycles. The molecule has 4 aliphatic rings. The minimum Gasteiger partial charge on any atom is -0.508 e. The lowest BCUT2D eigenvalue weighted by atomic mass is 9.67. The highest BCUT2D eigenvalue weighted by atomic mass is 35.5. The van der Waals surface area contributed by atoms with Crippen molar-refractivity contribution in [2.45, 2.75) is 179 Å². The van der Waals surface area contributed by atoms with Crippen LogP contribution in [0.15, 0.2) is 243 Å². The van der Waals surface area contributed by atoms with Gasteiger partial charge in [0.1, 0.15) is 94.1 Å². The fraction of sp³-hybridized carbons (Fsp3) is 0.387. The van der Waals surface area contributed by atoms with Crippen LogP contribution in [0.5, 0.6) is 46.0 Å². The molecule has 0 saturated carbocycles. The van der Waals surface area contributed by atoms with Crippen molar-refractivity contribution in [3.05, 3.63) is 353 Å². The van der Waals surface area contributed by atoms with Gasteiger partial charge in [-0.1, -0.05) is 254 Å². The van der Waals surface area contributed by atoms with Crippen LogP contribution in [0.1, 0.15) is 223 Å². The summed E-state index contributed by atoms with van der Waals surface area (Å²) in [5, 5.41) is 53.0. The van der Waals surface area contributed by atoms with E-state index in [1.165, 1.54) is 36.4 Å². The third-order valence-corrected chi connectivity index (χ3v) is 28.6. The lowest BCUT2D eigenvalue weighted by molar-refractivity contribution is -0.121. The Hall–Kier alpha value is -12.7. The van der Waals surface area contributed by atoms with Gasteiger partial charge in [-0.15, -0.1) is 0 Å². The molecule has 0 unspecified atom stereocenters. The van der Waals surface area contributed by atoms with Gasteiger partial charge in [0, 0.05) is 139 Å². The number of nitrogens with one attached hydrogen (secondary N) is 3. The standard InChI is InChI=1S/C40H58N4O3.C36H49N3O3.C28H31NO3.C20H13Cl2NO3/c1-38(2,3)29-17-19-35(46-25-23-42(9)10)32(27-29)40(31-15-13-14-16-34(31)44(37(40)45)22-21-41(7)8)33-28-30(39(4,5)6)18-20-36(33)47-26-24-43(11)12;1-34(2,3)25-15-17-31(41-21-19-38(7)8)28(23-25)36(27-13-11-12-14-30(27)37-33(36)40)29-24-26(35(4,5)6)16-18-32(29)42-22-20-39(9)10;1-3-5-9-19-13-15-25(30)22(17-19)28(21-11-7-8-12-24(21)29-27(28)32)23-18-20(10-6-4-2)14-16-26(23)31;21-11-5-7-17(24)14(9-11)20(15-10-12(22)6-8-18(15)25)13-3-1-2-4-16(13)23-19(20)26/h13-20,27-28H,21-26H2,1-12H3;11-18,23-24H,19-22H2,1-10H3,(H,37,40);7-8,11-18,30-31H,3-6,9-10H2,1-2H3,(H,29,32);1-10,24-25H,(H,23,26).